The molecule has 2 aromatic rings. The maximum atomic E-state index is 12.5. The van der Waals surface area contributed by atoms with E-state index in [1.165, 1.54) is 39.3 Å². The summed E-state index contributed by atoms with van der Waals surface area (Å²) in [6.45, 7) is 1.79. The molecule has 0 fully saturated rings. The smallest absolute Gasteiger partial charge is 0.337 e. The molecule has 28 heavy (non-hydrogen) atoms. The Kier molecular flexibility index (Phi) is 6.86. The van der Waals surface area contributed by atoms with Crippen LogP contribution in [0.3, 0.4) is 0 Å². The van der Waals surface area contributed by atoms with Gasteiger partial charge in [-0.1, -0.05) is 12.1 Å². The van der Waals surface area contributed by atoms with Crippen LogP contribution in [0, 0.1) is 0 Å². The summed E-state index contributed by atoms with van der Waals surface area (Å²) in [6, 6.07) is 10.8. The zero-order valence-corrected chi connectivity index (χ0v) is 15.7. The second-order valence-electron chi connectivity index (χ2n) is 5.84. The molecule has 0 bridgehead atoms. The number of hydrogen-bond acceptors (Lipinski definition) is 6. The molecule has 0 spiro atoms. The van der Waals surface area contributed by atoms with E-state index >= 15 is 0 Å². The van der Waals surface area contributed by atoms with E-state index in [9.17, 15) is 19.2 Å². The summed E-state index contributed by atoms with van der Waals surface area (Å²) < 4.78 is 9.34. The molecule has 0 aliphatic rings. The molecule has 0 aliphatic carbocycles. The Bertz CT molecular complexity index is 871. The van der Waals surface area contributed by atoms with E-state index in [4.69, 9.17) is 0 Å². The zero-order valence-electron chi connectivity index (χ0n) is 15.7. The average Bonchev–Trinajstić information content (AvgIpc) is 2.70. The van der Waals surface area contributed by atoms with Gasteiger partial charge in [0.2, 0.25) is 5.91 Å². The first-order valence-electron chi connectivity index (χ1n) is 8.30. The molecule has 0 aliphatic heterocycles. The normalized spacial score (nSPS) is 9.96. The predicted octanol–water partition coefficient (Wildman–Crippen LogP) is 2.15. The van der Waals surface area contributed by atoms with Gasteiger partial charge in [0.25, 0.3) is 5.91 Å². The van der Waals surface area contributed by atoms with E-state index in [-0.39, 0.29) is 22.7 Å². The Hall–Kier alpha value is -3.68. The van der Waals surface area contributed by atoms with Crippen LogP contribution in [0.15, 0.2) is 42.5 Å². The number of carbonyl (C=O) groups excluding carboxylic acids is 4. The van der Waals surface area contributed by atoms with Gasteiger partial charge in [0.15, 0.2) is 0 Å². The highest BCUT2D eigenvalue weighted by molar-refractivity contribution is 6.06. The van der Waals surface area contributed by atoms with Crippen LogP contribution in [-0.2, 0) is 20.8 Å². The SMILES string of the molecule is COC(=O)c1cc(NC(=O)c2ccc(CNC(C)=O)cc2)cc(C(=O)OC)c1. The number of rotatable bonds is 6. The Morgan fingerprint density at radius 1 is 0.821 bits per heavy atom. The lowest BCUT2D eigenvalue weighted by atomic mass is 10.1. The van der Waals surface area contributed by atoms with Crippen molar-refractivity contribution in [1.82, 2.24) is 5.32 Å². The van der Waals surface area contributed by atoms with Crippen LogP contribution in [0.4, 0.5) is 5.69 Å². The van der Waals surface area contributed by atoms with Gasteiger partial charge in [-0.05, 0) is 35.9 Å². The number of benzene rings is 2. The molecule has 0 atom stereocenters. The maximum Gasteiger partial charge on any atom is 0.337 e. The van der Waals surface area contributed by atoms with E-state index in [0.29, 0.717) is 12.1 Å². The number of methoxy groups -OCH3 is 2. The van der Waals surface area contributed by atoms with Crippen LogP contribution < -0.4 is 10.6 Å². The summed E-state index contributed by atoms with van der Waals surface area (Å²) in [7, 11) is 2.43. The van der Waals surface area contributed by atoms with Crippen LogP contribution in [0.1, 0.15) is 43.6 Å². The van der Waals surface area contributed by atoms with Crippen LogP contribution in [0.5, 0.6) is 0 Å². The molecular weight excluding hydrogens is 364 g/mol. The third-order valence-corrected chi connectivity index (χ3v) is 3.79. The Morgan fingerprint density at radius 2 is 1.36 bits per heavy atom. The summed E-state index contributed by atoms with van der Waals surface area (Å²) in [5.74, 6) is -1.87. The number of nitrogens with one attached hydrogen (secondary N) is 2. The van der Waals surface area contributed by atoms with Gasteiger partial charge < -0.3 is 20.1 Å². The molecule has 0 aromatic heterocycles. The Labute approximate surface area is 161 Å². The maximum absolute atomic E-state index is 12.5. The molecule has 8 nitrogen and oxygen atoms in total. The monoisotopic (exact) mass is 384 g/mol. The van der Waals surface area contributed by atoms with Crippen LogP contribution in [-0.4, -0.2) is 38.0 Å². The quantitative estimate of drug-likeness (QED) is 0.739. The van der Waals surface area contributed by atoms with Gasteiger partial charge >= 0.3 is 11.9 Å². The van der Waals surface area contributed by atoms with Gasteiger partial charge in [-0.3, -0.25) is 9.59 Å². The molecular formula is C20H20N2O6. The number of esters is 2. The van der Waals surface area contributed by atoms with Crippen molar-refractivity contribution in [1.29, 1.82) is 0 Å². The lowest BCUT2D eigenvalue weighted by molar-refractivity contribution is -0.119. The molecule has 0 saturated carbocycles. The fourth-order valence-electron chi connectivity index (χ4n) is 2.37. The summed E-state index contributed by atoms with van der Waals surface area (Å²) in [4.78, 5) is 47.1. The molecule has 2 rings (SSSR count). The number of amides is 2. The van der Waals surface area contributed by atoms with Crippen molar-refractivity contribution in [3.8, 4) is 0 Å². The topological polar surface area (TPSA) is 111 Å². The minimum atomic E-state index is -0.649. The molecule has 2 amide bonds. The average molecular weight is 384 g/mol. The summed E-state index contributed by atoms with van der Waals surface area (Å²) in [6.07, 6.45) is 0. The van der Waals surface area contributed by atoms with E-state index in [0.717, 1.165) is 5.56 Å². The van der Waals surface area contributed by atoms with Crippen molar-refractivity contribution < 1.29 is 28.7 Å². The number of carbonyl (C=O) groups is 4. The summed E-state index contributed by atoms with van der Waals surface area (Å²) in [5.41, 5.74) is 1.66. The molecule has 0 saturated heterocycles. The largest absolute Gasteiger partial charge is 0.465 e. The van der Waals surface area contributed by atoms with E-state index in [1.54, 1.807) is 24.3 Å². The van der Waals surface area contributed by atoms with Gasteiger partial charge in [0, 0.05) is 24.7 Å². The van der Waals surface area contributed by atoms with Crippen LogP contribution >= 0.6 is 0 Å². The number of ether oxygens (including phenoxy) is 2. The third-order valence-electron chi connectivity index (χ3n) is 3.79. The van der Waals surface area contributed by atoms with Crippen molar-refractivity contribution >= 4 is 29.4 Å². The second-order valence-corrected chi connectivity index (χ2v) is 5.84. The summed E-state index contributed by atoms with van der Waals surface area (Å²) >= 11 is 0. The van der Waals surface area contributed by atoms with Crippen LogP contribution in [0.25, 0.3) is 0 Å². The van der Waals surface area contributed by atoms with E-state index in [1.807, 2.05) is 0 Å². The first-order chi connectivity index (χ1) is 13.3. The first-order valence-corrected chi connectivity index (χ1v) is 8.30. The summed E-state index contributed by atoms with van der Waals surface area (Å²) in [5, 5.41) is 5.31. The molecule has 2 aromatic carbocycles. The number of anilines is 1. The van der Waals surface area contributed by atoms with Crippen molar-refractivity contribution in [2.24, 2.45) is 0 Å². The zero-order chi connectivity index (χ0) is 20.7. The van der Waals surface area contributed by atoms with Crippen molar-refractivity contribution in [3.63, 3.8) is 0 Å². The van der Waals surface area contributed by atoms with Gasteiger partial charge in [0.1, 0.15) is 0 Å². The van der Waals surface area contributed by atoms with Crippen molar-refractivity contribution in [3.05, 3.63) is 64.7 Å². The van der Waals surface area contributed by atoms with Gasteiger partial charge in [-0.25, -0.2) is 9.59 Å². The van der Waals surface area contributed by atoms with Crippen molar-refractivity contribution in [2.45, 2.75) is 13.5 Å². The fourth-order valence-corrected chi connectivity index (χ4v) is 2.37. The minimum absolute atomic E-state index is 0.103. The van der Waals surface area contributed by atoms with Gasteiger partial charge in [0.05, 0.1) is 25.3 Å². The molecule has 0 heterocycles. The van der Waals surface area contributed by atoms with E-state index in [2.05, 4.69) is 20.1 Å². The lowest BCUT2D eigenvalue weighted by Gasteiger charge is -2.10. The van der Waals surface area contributed by atoms with Gasteiger partial charge in [-0.15, -0.1) is 0 Å². The van der Waals surface area contributed by atoms with Gasteiger partial charge in [-0.2, -0.15) is 0 Å². The molecule has 0 unspecified atom stereocenters. The third kappa shape index (κ3) is 5.41. The first kappa shape index (κ1) is 20.6. The Morgan fingerprint density at radius 3 is 1.82 bits per heavy atom. The highest BCUT2D eigenvalue weighted by Crippen LogP contribution is 2.18. The minimum Gasteiger partial charge on any atom is -0.465 e. The second kappa shape index (κ2) is 9.31. The highest BCUT2D eigenvalue weighted by atomic mass is 16.5. The van der Waals surface area contributed by atoms with Crippen molar-refractivity contribution in [2.75, 3.05) is 19.5 Å². The fraction of sp³-hybridized carbons (Fsp3) is 0.200. The molecule has 146 valence electrons. The molecule has 0 radical (unpaired) electrons. The van der Waals surface area contributed by atoms with Crippen LogP contribution in [0.2, 0.25) is 0 Å². The standard InChI is InChI=1S/C20H20N2O6/c1-12(23)21-11-13-4-6-14(7-5-13)18(24)22-17-9-15(19(25)27-2)8-16(10-17)20(26)28-3/h4-10H,11H2,1-3H3,(H,21,23)(H,22,24). The molecule has 8 heteroatoms. The lowest BCUT2D eigenvalue weighted by Crippen LogP contribution is -2.19. The molecule has 2 N–H and O–H groups in total. The number of hydrogen-bond donors (Lipinski definition) is 2. The van der Waals surface area contributed by atoms with E-state index < -0.39 is 17.8 Å². The predicted molar refractivity (Wildman–Crippen MR) is 101 cm³/mol. The highest BCUT2D eigenvalue weighted by Gasteiger charge is 2.15. The Balaban J connectivity index is 2.21.